The highest BCUT2D eigenvalue weighted by atomic mass is 35.5. The van der Waals surface area contributed by atoms with Crippen LogP contribution in [0, 0.1) is 12.7 Å². The molecule has 1 heterocycles. The third kappa shape index (κ3) is 3.07. The Hall–Kier alpha value is -1.62. The zero-order valence-electron chi connectivity index (χ0n) is 12.0. The van der Waals surface area contributed by atoms with Gasteiger partial charge in [0.2, 0.25) is 0 Å². The Balaban J connectivity index is 2.07. The fourth-order valence-electron chi connectivity index (χ4n) is 2.29. The summed E-state index contributed by atoms with van der Waals surface area (Å²) >= 11 is 18.5. The van der Waals surface area contributed by atoms with Crippen LogP contribution in [-0.4, -0.2) is 14.8 Å². The summed E-state index contributed by atoms with van der Waals surface area (Å²) in [4.78, 5) is 0. The van der Waals surface area contributed by atoms with Gasteiger partial charge in [0.15, 0.2) is 5.82 Å². The van der Waals surface area contributed by atoms with E-state index in [0.717, 1.165) is 5.56 Å². The topological polar surface area (TPSA) is 30.7 Å². The molecule has 7 heteroatoms. The van der Waals surface area contributed by atoms with Crippen molar-refractivity contribution in [3.05, 3.63) is 68.7 Å². The van der Waals surface area contributed by atoms with E-state index in [2.05, 4.69) is 10.2 Å². The van der Waals surface area contributed by atoms with Crippen LogP contribution in [0.15, 0.2) is 36.7 Å². The van der Waals surface area contributed by atoms with E-state index in [1.54, 1.807) is 28.8 Å². The van der Waals surface area contributed by atoms with Gasteiger partial charge in [-0.25, -0.2) is 4.39 Å². The molecule has 0 fully saturated rings. The summed E-state index contributed by atoms with van der Waals surface area (Å²) in [5, 5.41) is 9.14. The lowest BCUT2D eigenvalue weighted by Gasteiger charge is -2.12. The fourth-order valence-corrected chi connectivity index (χ4v) is 2.88. The molecule has 0 spiro atoms. The van der Waals surface area contributed by atoms with Gasteiger partial charge in [-0.1, -0.05) is 46.9 Å². The molecule has 2 aromatic carbocycles. The molecule has 0 N–H and O–H groups in total. The maximum Gasteiger partial charge on any atom is 0.165 e. The second kappa shape index (κ2) is 6.48. The summed E-state index contributed by atoms with van der Waals surface area (Å²) in [5.41, 5.74) is 1.81. The highest BCUT2D eigenvalue weighted by Crippen LogP contribution is 2.33. The van der Waals surface area contributed by atoms with Crippen LogP contribution < -0.4 is 0 Å². The molecular formula is C16H11Cl3FN3. The lowest BCUT2D eigenvalue weighted by molar-refractivity contribution is 0.599. The Morgan fingerprint density at radius 3 is 2.65 bits per heavy atom. The van der Waals surface area contributed by atoms with Crippen molar-refractivity contribution in [1.82, 2.24) is 14.8 Å². The Labute approximate surface area is 147 Å². The molecule has 0 unspecified atom stereocenters. The third-order valence-corrected chi connectivity index (χ3v) is 4.86. The molecule has 118 valence electrons. The van der Waals surface area contributed by atoms with E-state index < -0.39 is 0 Å². The Bertz CT molecular complexity index is 877. The SMILES string of the molecule is Cc1ccc(F)c(Cn2cnnc2-c2cccc(Cl)c2Cl)c1Cl. The predicted molar refractivity (Wildman–Crippen MR) is 90.7 cm³/mol. The smallest absolute Gasteiger partial charge is 0.165 e. The van der Waals surface area contributed by atoms with Crippen molar-refractivity contribution < 1.29 is 4.39 Å². The Morgan fingerprint density at radius 2 is 1.87 bits per heavy atom. The average molecular weight is 371 g/mol. The summed E-state index contributed by atoms with van der Waals surface area (Å²) < 4.78 is 15.8. The van der Waals surface area contributed by atoms with Gasteiger partial charge in [0.25, 0.3) is 0 Å². The van der Waals surface area contributed by atoms with Gasteiger partial charge < -0.3 is 4.57 Å². The minimum absolute atomic E-state index is 0.192. The van der Waals surface area contributed by atoms with Crippen LogP contribution in [0.2, 0.25) is 15.1 Å². The van der Waals surface area contributed by atoms with Gasteiger partial charge in [0, 0.05) is 11.1 Å². The first-order chi connectivity index (χ1) is 11.0. The average Bonchev–Trinajstić information content (AvgIpc) is 2.98. The summed E-state index contributed by atoms with van der Waals surface area (Å²) in [6.45, 7) is 2.02. The van der Waals surface area contributed by atoms with E-state index in [0.29, 0.717) is 32.0 Å². The van der Waals surface area contributed by atoms with Gasteiger partial charge in [-0.3, -0.25) is 0 Å². The van der Waals surface area contributed by atoms with E-state index in [4.69, 9.17) is 34.8 Å². The maximum atomic E-state index is 14.1. The lowest BCUT2D eigenvalue weighted by Crippen LogP contribution is -2.05. The van der Waals surface area contributed by atoms with E-state index in [1.807, 2.05) is 6.92 Å². The first kappa shape index (κ1) is 16.2. The van der Waals surface area contributed by atoms with Crippen molar-refractivity contribution in [2.24, 2.45) is 0 Å². The van der Waals surface area contributed by atoms with Crippen LogP contribution in [-0.2, 0) is 6.54 Å². The zero-order chi connectivity index (χ0) is 16.6. The maximum absolute atomic E-state index is 14.1. The van der Waals surface area contributed by atoms with Gasteiger partial charge in [0.1, 0.15) is 12.1 Å². The van der Waals surface area contributed by atoms with Gasteiger partial charge in [0.05, 0.1) is 21.6 Å². The minimum atomic E-state index is -0.377. The number of rotatable bonds is 3. The predicted octanol–water partition coefficient (Wildman–Crippen LogP) is 5.40. The second-order valence-electron chi connectivity index (χ2n) is 5.04. The van der Waals surface area contributed by atoms with Crippen molar-refractivity contribution >= 4 is 34.8 Å². The van der Waals surface area contributed by atoms with Gasteiger partial charge >= 0.3 is 0 Å². The zero-order valence-corrected chi connectivity index (χ0v) is 14.3. The van der Waals surface area contributed by atoms with Crippen LogP contribution in [0.4, 0.5) is 4.39 Å². The van der Waals surface area contributed by atoms with Gasteiger partial charge in [-0.15, -0.1) is 10.2 Å². The monoisotopic (exact) mass is 369 g/mol. The molecule has 0 aliphatic rings. The molecule has 0 aliphatic heterocycles. The fraction of sp³-hybridized carbons (Fsp3) is 0.125. The summed E-state index contributed by atoms with van der Waals surface area (Å²) in [5.74, 6) is 0.118. The van der Waals surface area contributed by atoms with Crippen molar-refractivity contribution in [1.29, 1.82) is 0 Å². The highest BCUT2D eigenvalue weighted by molar-refractivity contribution is 6.43. The van der Waals surface area contributed by atoms with E-state index >= 15 is 0 Å². The molecule has 0 saturated heterocycles. The van der Waals surface area contributed by atoms with Crippen molar-refractivity contribution in [2.45, 2.75) is 13.5 Å². The highest BCUT2D eigenvalue weighted by Gasteiger charge is 2.16. The third-order valence-electron chi connectivity index (χ3n) is 3.52. The van der Waals surface area contributed by atoms with Crippen molar-refractivity contribution in [2.75, 3.05) is 0 Å². The summed E-state index contributed by atoms with van der Waals surface area (Å²) in [6, 6.07) is 8.27. The Morgan fingerprint density at radius 1 is 1.09 bits per heavy atom. The molecular weight excluding hydrogens is 360 g/mol. The van der Waals surface area contributed by atoms with Crippen molar-refractivity contribution in [3.63, 3.8) is 0 Å². The number of aryl methyl sites for hydroxylation is 1. The molecule has 0 amide bonds. The lowest BCUT2D eigenvalue weighted by atomic mass is 10.1. The molecule has 1 aromatic heterocycles. The summed E-state index contributed by atoms with van der Waals surface area (Å²) in [6.07, 6.45) is 1.50. The first-order valence-electron chi connectivity index (χ1n) is 6.74. The number of hydrogen-bond donors (Lipinski definition) is 0. The minimum Gasteiger partial charge on any atom is -0.309 e. The molecule has 0 radical (unpaired) electrons. The normalized spacial score (nSPS) is 11.0. The van der Waals surface area contributed by atoms with Crippen LogP contribution in [0.1, 0.15) is 11.1 Å². The van der Waals surface area contributed by atoms with E-state index in [1.165, 1.54) is 12.4 Å². The molecule has 23 heavy (non-hydrogen) atoms. The largest absolute Gasteiger partial charge is 0.309 e. The number of benzene rings is 2. The number of aromatic nitrogens is 3. The molecule has 0 bridgehead atoms. The number of hydrogen-bond acceptors (Lipinski definition) is 2. The number of nitrogens with zero attached hydrogens (tertiary/aromatic N) is 3. The van der Waals surface area contributed by atoms with Crippen LogP contribution >= 0.6 is 34.8 Å². The molecule has 3 nitrogen and oxygen atoms in total. The van der Waals surface area contributed by atoms with Crippen LogP contribution in [0.25, 0.3) is 11.4 Å². The number of halogens is 4. The van der Waals surface area contributed by atoms with E-state index in [9.17, 15) is 4.39 Å². The van der Waals surface area contributed by atoms with Gasteiger partial charge in [-0.2, -0.15) is 0 Å². The molecule has 3 aromatic rings. The Kier molecular flexibility index (Phi) is 4.57. The summed E-state index contributed by atoms with van der Waals surface area (Å²) in [7, 11) is 0. The molecule has 0 atom stereocenters. The van der Waals surface area contributed by atoms with Crippen LogP contribution in [0.3, 0.4) is 0 Å². The van der Waals surface area contributed by atoms with Crippen LogP contribution in [0.5, 0.6) is 0 Å². The quantitative estimate of drug-likeness (QED) is 0.618. The van der Waals surface area contributed by atoms with Crippen molar-refractivity contribution in [3.8, 4) is 11.4 Å². The molecule has 0 saturated carbocycles. The second-order valence-corrected chi connectivity index (χ2v) is 6.20. The van der Waals surface area contributed by atoms with Gasteiger partial charge in [-0.05, 0) is 30.7 Å². The van der Waals surface area contributed by atoms with E-state index in [-0.39, 0.29) is 12.4 Å². The molecule has 0 aliphatic carbocycles. The first-order valence-corrected chi connectivity index (χ1v) is 7.88. The standard InChI is InChI=1S/C16H11Cl3FN3/c1-9-5-6-13(20)11(14(9)18)7-23-8-21-22-16(23)10-3-2-4-12(17)15(10)19/h2-6,8H,7H2,1H3. The molecule has 3 rings (SSSR count).